The van der Waals surface area contributed by atoms with Gasteiger partial charge < -0.3 is 9.47 Å². The molecule has 22 heavy (non-hydrogen) atoms. The predicted molar refractivity (Wildman–Crippen MR) is 88.1 cm³/mol. The maximum Gasteiger partial charge on any atom is 0.226 e. The first-order valence-corrected chi connectivity index (χ1v) is 8.36. The summed E-state index contributed by atoms with van der Waals surface area (Å²) in [4.78, 5) is 18.0. The molecule has 1 aromatic carbocycles. The summed E-state index contributed by atoms with van der Waals surface area (Å²) >= 11 is 0. The third-order valence-corrected chi connectivity index (χ3v) is 4.48. The zero-order chi connectivity index (χ0) is 15.4. The fraction of sp³-hybridized carbons (Fsp3) is 0.529. The van der Waals surface area contributed by atoms with Crippen molar-refractivity contribution in [3.05, 3.63) is 24.3 Å². The lowest BCUT2D eigenvalue weighted by atomic mass is 10.1. The molecule has 1 aliphatic rings. The molecule has 0 atom stereocenters. The summed E-state index contributed by atoms with van der Waals surface area (Å²) in [6, 6.07) is 8.09. The quantitative estimate of drug-likeness (QED) is 0.878. The van der Waals surface area contributed by atoms with E-state index in [1.165, 1.54) is 32.4 Å². The fourth-order valence-corrected chi connectivity index (χ4v) is 3.18. The first-order valence-electron chi connectivity index (χ1n) is 8.36. The second-order valence-corrected chi connectivity index (χ2v) is 6.04. The maximum atomic E-state index is 11.7. The highest BCUT2D eigenvalue weighted by Gasteiger charge is 2.16. The lowest BCUT2D eigenvalue weighted by molar-refractivity contribution is -0.905. The van der Waals surface area contributed by atoms with Crippen molar-refractivity contribution in [2.24, 2.45) is 0 Å². The second kappa shape index (κ2) is 6.92. The summed E-state index contributed by atoms with van der Waals surface area (Å²) in [6.45, 7) is 6.39. The number of para-hydroxylation sites is 2. The Kier molecular flexibility index (Phi) is 4.73. The normalized spacial score (nSPS) is 16.0. The van der Waals surface area contributed by atoms with E-state index in [0.29, 0.717) is 12.4 Å². The van der Waals surface area contributed by atoms with Crippen LogP contribution in [0.3, 0.4) is 0 Å². The first-order chi connectivity index (χ1) is 10.8. The number of amides is 1. The van der Waals surface area contributed by atoms with Gasteiger partial charge in [0.15, 0.2) is 0 Å². The number of piperidine rings is 1. The van der Waals surface area contributed by atoms with Gasteiger partial charge in [-0.15, -0.1) is 0 Å². The smallest absolute Gasteiger partial charge is 0.226 e. The summed E-state index contributed by atoms with van der Waals surface area (Å²) in [7, 11) is 0. The Balaban J connectivity index is 1.81. The Labute approximate surface area is 131 Å². The number of rotatable bonds is 5. The van der Waals surface area contributed by atoms with Crippen molar-refractivity contribution >= 4 is 22.9 Å². The molecule has 1 fully saturated rings. The minimum atomic E-state index is 0.0156. The third kappa shape index (κ3) is 3.30. The molecule has 2 heterocycles. The van der Waals surface area contributed by atoms with Crippen molar-refractivity contribution in [1.29, 1.82) is 0 Å². The maximum absolute atomic E-state index is 11.7. The average Bonchev–Trinajstić information content (AvgIpc) is 2.91. The molecule has 1 aliphatic heterocycles. The largest absolute Gasteiger partial charge is 0.333 e. The van der Waals surface area contributed by atoms with Crippen molar-refractivity contribution in [2.75, 3.05) is 25.0 Å². The Morgan fingerprint density at radius 1 is 1.27 bits per heavy atom. The van der Waals surface area contributed by atoms with Crippen LogP contribution in [0.4, 0.5) is 5.95 Å². The van der Waals surface area contributed by atoms with E-state index in [1.54, 1.807) is 4.90 Å². The molecule has 0 unspecified atom stereocenters. The van der Waals surface area contributed by atoms with E-state index >= 15 is 0 Å². The van der Waals surface area contributed by atoms with Crippen LogP contribution in [0.5, 0.6) is 0 Å². The van der Waals surface area contributed by atoms with Gasteiger partial charge in [-0.3, -0.25) is 10.1 Å². The molecule has 2 N–H and O–H groups in total. The zero-order valence-corrected chi connectivity index (χ0v) is 13.3. The van der Waals surface area contributed by atoms with Gasteiger partial charge in [0.05, 0.1) is 37.2 Å². The number of hydrogen-bond acceptors (Lipinski definition) is 2. The number of likely N-dealkylation sites (tertiary alicyclic amines) is 1. The standard InChI is InChI=1S/C17H24N4O/c1-2-16(22)19-17-18-14-8-4-5-9-15(14)21(17)13-12-20-10-6-3-7-11-20/h4-5,8-9H,2-3,6-7,10-13H2,1H3,(H,18,19,22)/p+1. The van der Waals surface area contributed by atoms with E-state index in [4.69, 9.17) is 0 Å². The number of quaternary nitrogens is 1. The highest BCUT2D eigenvalue weighted by Crippen LogP contribution is 2.19. The molecule has 0 spiro atoms. The van der Waals surface area contributed by atoms with Crippen molar-refractivity contribution in [2.45, 2.75) is 39.2 Å². The second-order valence-electron chi connectivity index (χ2n) is 6.04. The van der Waals surface area contributed by atoms with Crippen LogP contribution >= 0.6 is 0 Å². The molecule has 3 rings (SSSR count). The number of fused-ring (bicyclic) bond motifs is 1. The van der Waals surface area contributed by atoms with Gasteiger partial charge in [0.25, 0.3) is 0 Å². The number of imidazole rings is 1. The van der Waals surface area contributed by atoms with Crippen molar-refractivity contribution < 1.29 is 9.69 Å². The van der Waals surface area contributed by atoms with Gasteiger partial charge in [-0.05, 0) is 31.4 Å². The summed E-state index contributed by atoms with van der Waals surface area (Å²) in [5.74, 6) is 0.700. The number of carbonyl (C=O) groups excluding carboxylic acids is 1. The number of nitrogens with one attached hydrogen (secondary N) is 2. The number of hydrogen-bond donors (Lipinski definition) is 2. The van der Waals surface area contributed by atoms with Crippen LogP contribution in [-0.2, 0) is 11.3 Å². The molecule has 1 saturated heterocycles. The van der Waals surface area contributed by atoms with E-state index in [0.717, 1.165) is 24.1 Å². The SMILES string of the molecule is CCC(=O)Nc1nc2ccccc2n1CC[NH+]1CCCCC1. The Hall–Kier alpha value is -1.88. The number of aromatic nitrogens is 2. The summed E-state index contributed by atoms with van der Waals surface area (Å²) in [6.07, 6.45) is 4.51. The zero-order valence-electron chi connectivity index (χ0n) is 13.3. The Morgan fingerprint density at radius 2 is 2.05 bits per heavy atom. The van der Waals surface area contributed by atoms with Crippen molar-refractivity contribution in [3.63, 3.8) is 0 Å². The third-order valence-electron chi connectivity index (χ3n) is 4.48. The molecule has 2 aromatic rings. The number of carbonyl (C=O) groups is 1. The molecular weight excluding hydrogens is 276 g/mol. The molecule has 0 bridgehead atoms. The fourth-order valence-electron chi connectivity index (χ4n) is 3.18. The van der Waals surface area contributed by atoms with Gasteiger partial charge in [-0.25, -0.2) is 4.98 Å². The molecule has 0 radical (unpaired) electrons. The van der Waals surface area contributed by atoms with Crippen LogP contribution in [0.25, 0.3) is 11.0 Å². The van der Waals surface area contributed by atoms with Gasteiger partial charge in [0.2, 0.25) is 11.9 Å². The lowest BCUT2D eigenvalue weighted by Crippen LogP contribution is -3.13. The summed E-state index contributed by atoms with van der Waals surface area (Å²) in [5, 5.41) is 2.94. The van der Waals surface area contributed by atoms with Gasteiger partial charge in [0.1, 0.15) is 0 Å². The Morgan fingerprint density at radius 3 is 2.82 bits per heavy atom. The van der Waals surface area contributed by atoms with E-state index in [1.807, 2.05) is 25.1 Å². The first kappa shape index (κ1) is 15.0. The van der Waals surface area contributed by atoms with E-state index < -0.39 is 0 Å². The highest BCUT2D eigenvalue weighted by atomic mass is 16.1. The molecule has 1 aromatic heterocycles. The Bertz CT molecular complexity index is 643. The molecular formula is C17H25N4O+. The minimum absolute atomic E-state index is 0.0156. The monoisotopic (exact) mass is 301 g/mol. The van der Waals surface area contributed by atoms with Crippen molar-refractivity contribution in [3.8, 4) is 0 Å². The average molecular weight is 301 g/mol. The van der Waals surface area contributed by atoms with E-state index in [2.05, 4.69) is 20.9 Å². The lowest BCUT2D eigenvalue weighted by Gasteiger charge is -2.24. The summed E-state index contributed by atoms with van der Waals surface area (Å²) in [5.41, 5.74) is 2.05. The van der Waals surface area contributed by atoms with Crippen LogP contribution in [-0.4, -0.2) is 35.1 Å². The van der Waals surface area contributed by atoms with Crippen LogP contribution in [0.1, 0.15) is 32.6 Å². The molecule has 0 aliphatic carbocycles. The summed E-state index contributed by atoms with van der Waals surface area (Å²) < 4.78 is 2.16. The molecule has 0 saturated carbocycles. The number of anilines is 1. The van der Waals surface area contributed by atoms with E-state index in [9.17, 15) is 4.79 Å². The number of benzene rings is 1. The minimum Gasteiger partial charge on any atom is -0.333 e. The topological polar surface area (TPSA) is 51.4 Å². The van der Waals surface area contributed by atoms with Gasteiger partial charge in [-0.1, -0.05) is 19.1 Å². The van der Waals surface area contributed by atoms with Gasteiger partial charge in [-0.2, -0.15) is 0 Å². The molecule has 1 amide bonds. The molecule has 118 valence electrons. The highest BCUT2D eigenvalue weighted by molar-refractivity contribution is 5.91. The van der Waals surface area contributed by atoms with Gasteiger partial charge in [0, 0.05) is 6.42 Å². The molecule has 5 heteroatoms. The van der Waals surface area contributed by atoms with E-state index in [-0.39, 0.29) is 5.91 Å². The van der Waals surface area contributed by atoms with Crippen molar-refractivity contribution in [1.82, 2.24) is 9.55 Å². The number of nitrogens with zero attached hydrogens (tertiary/aromatic N) is 2. The van der Waals surface area contributed by atoms with Crippen LogP contribution in [0.2, 0.25) is 0 Å². The van der Waals surface area contributed by atoms with Gasteiger partial charge >= 0.3 is 0 Å². The van der Waals surface area contributed by atoms with Crippen LogP contribution < -0.4 is 10.2 Å². The van der Waals surface area contributed by atoms with Crippen LogP contribution in [0, 0.1) is 0 Å². The predicted octanol–water partition coefficient (Wildman–Crippen LogP) is 1.45. The van der Waals surface area contributed by atoms with Crippen LogP contribution in [0.15, 0.2) is 24.3 Å². The molecule has 5 nitrogen and oxygen atoms in total.